The maximum atomic E-state index is 15.4. The van der Waals surface area contributed by atoms with Gasteiger partial charge in [-0.1, -0.05) is 24.3 Å². The highest BCUT2D eigenvalue weighted by Crippen LogP contribution is 2.25. The molecule has 8 nitrogen and oxygen atoms in total. The first-order valence-corrected chi connectivity index (χ1v) is 12.8. The number of carboxylic acid groups (broad SMARTS) is 1. The third-order valence-corrected chi connectivity index (χ3v) is 6.68. The van der Waals surface area contributed by atoms with Crippen LogP contribution in [0.4, 0.5) is 14.6 Å². The molecule has 0 aliphatic carbocycles. The fraction of sp³-hybridized carbons (Fsp3) is 0.161. The summed E-state index contributed by atoms with van der Waals surface area (Å²) in [6.45, 7) is 0.978. The number of hydrogen-bond donors (Lipinski definition) is 2. The quantitative estimate of drug-likeness (QED) is 0.225. The van der Waals surface area contributed by atoms with Crippen LogP contribution < -0.4 is 5.32 Å². The number of pyridine rings is 1. The van der Waals surface area contributed by atoms with Gasteiger partial charge in [-0.2, -0.15) is 5.26 Å². The average Bonchev–Trinajstić information content (AvgIpc) is 3.32. The second-order valence-corrected chi connectivity index (χ2v) is 9.34. The number of anilines is 1. The Morgan fingerprint density at radius 2 is 1.83 bits per heavy atom. The maximum absolute atomic E-state index is 15.4. The topological polar surface area (TPSA) is 113 Å². The van der Waals surface area contributed by atoms with Gasteiger partial charge < -0.3 is 19.7 Å². The number of aromatic nitrogens is 3. The zero-order chi connectivity index (χ0) is 28.9. The van der Waals surface area contributed by atoms with E-state index in [0.29, 0.717) is 58.2 Å². The second-order valence-electron chi connectivity index (χ2n) is 9.34. The van der Waals surface area contributed by atoms with E-state index in [1.54, 1.807) is 61.7 Å². The van der Waals surface area contributed by atoms with Crippen molar-refractivity contribution in [2.45, 2.75) is 19.5 Å². The Labute approximate surface area is 234 Å². The number of methoxy groups -OCH3 is 1. The molecule has 3 aromatic carbocycles. The number of carbonyl (C=O) groups is 1. The Bertz CT molecular complexity index is 1800. The molecular formula is C31H25F2N5O3. The van der Waals surface area contributed by atoms with Gasteiger partial charge in [-0.3, -0.25) is 0 Å². The third kappa shape index (κ3) is 6.05. The van der Waals surface area contributed by atoms with Crippen molar-refractivity contribution in [1.82, 2.24) is 14.5 Å². The number of carboxylic acids is 1. The summed E-state index contributed by atoms with van der Waals surface area (Å²) in [5.74, 6) is -0.875. The van der Waals surface area contributed by atoms with E-state index >= 15 is 4.39 Å². The van der Waals surface area contributed by atoms with Gasteiger partial charge in [-0.25, -0.2) is 23.5 Å². The van der Waals surface area contributed by atoms with Crippen molar-refractivity contribution >= 4 is 22.8 Å². The second kappa shape index (κ2) is 11.9. The molecule has 0 unspecified atom stereocenters. The van der Waals surface area contributed by atoms with E-state index in [1.165, 1.54) is 18.2 Å². The van der Waals surface area contributed by atoms with Crippen molar-refractivity contribution in [3.8, 4) is 17.3 Å². The van der Waals surface area contributed by atoms with E-state index in [9.17, 15) is 14.3 Å². The molecule has 0 aliphatic heterocycles. The van der Waals surface area contributed by atoms with Crippen LogP contribution in [0.2, 0.25) is 0 Å². The van der Waals surface area contributed by atoms with E-state index in [1.807, 2.05) is 10.6 Å². The Balaban J connectivity index is 1.36. The summed E-state index contributed by atoms with van der Waals surface area (Å²) in [5, 5.41) is 21.4. The van der Waals surface area contributed by atoms with Crippen LogP contribution >= 0.6 is 0 Å². The minimum absolute atomic E-state index is 0.143. The zero-order valence-electron chi connectivity index (χ0n) is 22.1. The van der Waals surface area contributed by atoms with Gasteiger partial charge in [0.05, 0.1) is 40.5 Å². The lowest BCUT2D eigenvalue weighted by molar-refractivity contribution is 0.0697. The van der Waals surface area contributed by atoms with Gasteiger partial charge in [-0.15, -0.1) is 0 Å². The van der Waals surface area contributed by atoms with E-state index in [-0.39, 0.29) is 24.1 Å². The molecule has 41 heavy (non-hydrogen) atoms. The minimum atomic E-state index is -1.04. The molecule has 206 valence electrons. The van der Waals surface area contributed by atoms with Crippen molar-refractivity contribution < 1.29 is 23.4 Å². The molecule has 5 aromatic rings. The summed E-state index contributed by atoms with van der Waals surface area (Å²) in [4.78, 5) is 20.7. The number of aromatic carboxylic acids is 1. The van der Waals surface area contributed by atoms with Crippen molar-refractivity contribution in [3.63, 3.8) is 0 Å². The number of nitriles is 1. The number of halogens is 2. The Morgan fingerprint density at radius 1 is 1.02 bits per heavy atom. The number of ether oxygens (including phenoxy) is 1. The number of imidazole rings is 1. The van der Waals surface area contributed by atoms with Crippen LogP contribution in [0.25, 0.3) is 22.3 Å². The fourth-order valence-electron chi connectivity index (χ4n) is 4.53. The van der Waals surface area contributed by atoms with Crippen LogP contribution in [-0.4, -0.2) is 39.3 Å². The molecule has 2 aromatic heterocycles. The van der Waals surface area contributed by atoms with E-state index < -0.39 is 17.6 Å². The third-order valence-electron chi connectivity index (χ3n) is 6.68. The molecule has 10 heteroatoms. The highest BCUT2D eigenvalue weighted by Gasteiger charge is 2.16. The van der Waals surface area contributed by atoms with Crippen LogP contribution in [0.5, 0.6) is 0 Å². The molecule has 5 rings (SSSR count). The lowest BCUT2D eigenvalue weighted by Gasteiger charge is -2.11. The molecule has 2 heterocycles. The summed E-state index contributed by atoms with van der Waals surface area (Å²) >= 11 is 0. The predicted molar refractivity (Wildman–Crippen MR) is 149 cm³/mol. The summed E-state index contributed by atoms with van der Waals surface area (Å²) in [7, 11) is 1.57. The first-order chi connectivity index (χ1) is 19.9. The average molecular weight is 554 g/mol. The Kier molecular flexibility index (Phi) is 7.99. The van der Waals surface area contributed by atoms with Crippen molar-refractivity contribution in [2.24, 2.45) is 0 Å². The number of benzene rings is 3. The Hall–Kier alpha value is -5.14. The van der Waals surface area contributed by atoms with Crippen molar-refractivity contribution in [1.29, 1.82) is 5.26 Å². The monoisotopic (exact) mass is 553 g/mol. The van der Waals surface area contributed by atoms with Crippen LogP contribution in [0.1, 0.15) is 32.9 Å². The predicted octanol–water partition coefficient (Wildman–Crippen LogP) is 5.80. The zero-order valence-corrected chi connectivity index (χ0v) is 22.1. The minimum Gasteiger partial charge on any atom is -0.478 e. The van der Waals surface area contributed by atoms with Gasteiger partial charge in [0.1, 0.15) is 23.3 Å². The number of nitrogens with one attached hydrogen (secondary N) is 1. The number of rotatable bonds is 10. The molecule has 0 saturated carbocycles. The number of nitrogens with zero attached hydrogens (tertiary/aromatic N) is 4. The molecule has 0 radical (unpaired) electrons. The molecule has 0 amide bonds. The van der Waals surface area contributed by atoms with Gasteiger partial charge in [0.2, 0.25) is 0 Å². The van der Waals surface area contributed by atoms with E-state index in [0.717, 1.165) is 0 Å². The van der Waals surface area contributed by atoms with Crippen molar-refractivity contribution in [3.05, 3.63) is 113 Å². The summed E-state index contributed by atoms with van der Waals surface area (Å²) < 4.78 is 36.7. The maximum Gasteiger partial charge on any atom is 0.335 e. The standard InChI is InChI=1S/C31H25F2N5O3/c1-41-12-11-38-28-15-22(31(39)40)9-10-27(28)37-30(38)16-20-7-8-21(14-25(20)33)26-3-2-4-29(36-26)35-18-23-6-5-19(17-34)13-24(23)32/h2-10,13-15H,11-12,16,18H2,1H3,(H,35,36)(H,39,40). The molecule has 0 spiro atoms. The van der Waals surface area contributed by atoms with Gasteiger partial charge in [0, 0.05) is 37.7 Å². The highest BCUT2D eigenvalue weighted by molar-refractivity contribution is 5.92. The largest absolute Gasteiger partial charge is 0.478 e. The van der Waals surface area contributed by atoms with Crippen LogP contribution in [0.15, 0.2) is 72.8 Å². The first kappa shape index (κ1) is 27.4. The van der Waals surface area contributed by atoms with Gasteiger partial charge in [0.15, 0.2) is 0 Å². The molecular weight excluding hydrogens is 528 g/mol. The SMILES string of the molecule is COCCn1c(Cc2ccc(-c3cccc(NCc4ccc(C#N)cc4F)n3)cc2F)nc2ccc(C(=O)O)cc21. The molecule has 2 N–H and O–H groups in total. The summed E-state index contributed by atoms with van der Waals surface area (Å²) in [6.07, 6.45) is 0.193. The number of hydrogen-bond acceptors (Lipinski definition) is 6. The van der Waals surface area contributed by atoms with Gasteiger partial charge in [0.25, 0.3) is 0 Å². The van der Waals surface area contributed by atoms with E-state index in [4.69, 9.17) is 10.00 Å². The molecule has 0 saturated heterocycles. The summed E-state index contributed by atoms with van der Waals surface area (Å²) in [6, 6.07) is 21.0. The lowest BCUT2D eigenvalue weighted by Crippen LogP contribution is -2.10. The lowest BCUT2D eigenvalue weighted by atomic mass is 10.1. The Morgan fingerprint density at radius 3 is 2.56 bits per heavy atom. The molecule has 0 aliphatic rings. The van der Waals surface area contributed by atoms with Crippen LogP contribution in [0, 0.1) is 23.0 Å². The smallest absolute Gasteiger partial charge is 0.335 e. The first-order valence-electron chi connectivity index (χ1n) is 12.8. The van der Waals surface area contributed by atoms with E-state index in [2.05, 4.69) is 15.3 Å². The molecule has 0 fully saturated rings. The summed E-state index contributed by atoms with van der Waals surface area (Å²) in [5.41, 5.74) is 3.57. The van der Waals surface area contributed by atoms with Crippen molar-refractivity contribution in [2.75, 3.05) is 19.0 Å². The number of fused-ring (bicyclic) bond motifs is 1. The molecule has 0 bridgehead atoms. The van der Waals surface area contributed by atoms with Crippen LogP contribution in [-0.2, 0) is 24.2 Å². The highest BCUT2D eigenvalue weighted by atomic mass is 19.1. The van der Waals surface area contributed by atoms with Crippen LogP contribution in [0.3, 0.4) is 0 Å². The normalized spacial score (nSPS) is 11.0. The fourth-order valence-corrected chi connectivity index (χ4v) is 4.53. The van der Waals surface area contributed by atoms with Gasteiger partial charge >= 0.3 is 5.97 Å². The van der Waals surface area contributed by atoms with Gasteiger partial charge in [-0.05, 0) is 54.1 Å². The molecule has 0 atom stereocenters.